The predicted molar refractivity (Wildman–Crippen MR) is 68.9 cm³/mol. The Balaban J connectivity index is 1.93. The van der Waals surface area contributed by atoms with E-state index in [0.29, 0.717) is 24.7 Å². The number of fused-ring (bicyclic) bond motifs is 2. The second-order valence-corrected chi connectivity index (χ2v) is 5.41. The second kappa shape index (κ2) is 5.83. The zero-order valence-corrected chi connectivity index (χ0v) is 11.0. The highest BCUT2D eigenvalue weighted by Gasteiger charge is 2.36. The molecule has 4 heteroatoms. The van der Waals surface area contributed by atoms with E-state index in [-0.39, 0.29) is 5.91 Å². The van der Waals surface area contributed by atoms with Crippen molar-refractivity contribution in [1.29, 1.82) is 0 Å². The fraction of sp³-hybridized carbons (Fsp3) is 0.923. The van der Waals surface area contributed by atoms with Gasteiger partial charge < -0.3 is 10.6 Å². The molecule has 0 aliphatic carbocycles. The second-order valence-electron chi connectivity index (χ2n) is 5.41. The van der Waals surface area contributed by atoms with Gasteiger partial charge in [0.15, 0.2) is 0 Å². The molecule has 2 bridgehead atoms. The summed E-state index contributed by atoms with van der Waals surface area (Å²) < 4.78 is 0. The number of nitrogens with one attached hydrogen (secondary N) is 2. The molecule has 1 amide bonds. The van der Waals surface area contributed by atoms with E-state index in [1.807, 2.05) is 0 Å². The highest BCUT2D eigenvalue weighted by Crippen LogP contribution is 2.29. The normalized spacial score (nSPS) is 31.8. The average Bonchev–Trinajstić information content (AvgIpc) is 2.67. The van der Waals surface area contributed by atoms with E-state index in [2.05, 4.69) is 22.5 Å². The summed E-state index contributed by atoms with van der Waals surface area (Å²) in [5.74, 6) is 0.143. The SMILES string of the molecule is CCCN(CC(=O)NC)C1CC2CCC(C1)N2. The molecule has 0 aromatic rings. The third-order valence-corrected chi connectivity index (χ3v) is 4.10. The first-order valence-electron chi connectivity index (χ1n) is 6.93. The van der Waals surface area contributed by atoms with Crippen LogP contribution in [0.2, 0.25) is 0 Å². The molecule has 2 saturated heterocycles. The Morgan fingerprint density at radius 1 is 1.35 bits per heavy atom. The van der Waals surface area contributed by atoms with Crippen LogP contribution in [0.3, 0.4) is 0 Å². The van der Waals surface area contributed by atoms with Gasteiger partial charge in [0, 0.05) is 25.2 Å². The molecule has 2 fully saturated rings. The van der Waals surface area contributed by atoms with Crippen LogP contribution in [0, 0.1) is 0 Å². The molecule has 0 aromatic heterocycles. The Hall–Kier alpha value is -0.610. The standard InChI is InChI=1S/C13H25N3O/c1-3-6-16(9-13(17)14-2)12-7-10-4-5-11(8-12)15-10/h10-12,15H,3-9H2,1-2H3,(H,14,17). The van der Waals surface area contributed by atoms with Gasteiger partial charge in [-0.15, -0.1) is 0 Å². The van der Waals surface area contributed by atoms with Crippen LogP contribution in [0.4, 0.5) is 0 Å². The van der Waals surface area contributed by atoms with Crippen LogP contribution in [-0.4, -0.2) is 49.1 Å². The zero-order chi connectivity index (χ0) is 12.3. The Kier molecular flexibility index (Phi) is 4.40. The molecule has 2 unspecified atom stereocenters. The lowest BCUT2D eigenvalue weighted by Crippen LogP contribution is -2.50. The smallest absolute Gasteiger partial charge is 0.233 e. The summed E-state index contributed by atoms with van der Waals surface area (Å²) >= 11 is 0. The van der Waals surface area contributed by atoms with E-state index in [1.54, 1.807) is 7.05 Å². The Morgan fingerprint density at radius 3 is 2.53 bits per heavy atom. The van der Waals surface area contributed by atoms with Gasteiger partial charge in [-0.05, 0) is 38.6 Å². The number of hydrogen-bond acceptors (Lipinski definition) is 3. The van der Waals surface area contributed by atoms with Gasteiger partial charge in [-0.1, -0.05) is 6.92 Å². The maximum atomic E-state index is 11.5. The molecule has 0 saturated carbocycles. The van der Waals surface area contributed by atoms with Crippen LogP contribution in [0.5, 0.6) is 0 Å². The minimum Gasteiger partial charge on any atom is -0.358 e. The number of nitrogens with zero attached hydrogens (tertiary/aromatic N) is 1. The van der Waals surface area contributed by atoms with Crippen molar-refractivity contribution in [3.8, 4) is 0 Å². The summed E-state index contributed by atoms with van der Waals surface area (Å²) in [5, 5.41) is 6.39. The molecule has 2 heterocycles. The predicted octanol–water partition coefficient (Wildman–Crippen LogP) is 0.727. The summed E-state index contributed by atoms with van der Waals surface area (Å²) in [5.41, 5.74) is 0. The summed E-state index contributed by atoms with van der Waals surface area (Å²) in [6.07, 6.45) is 6.19. The van der Waals surface area contributed by atoms with Crippen LogP contribution in [0.15, 0.2) is 0 Å². The third-order valence-electron chi connectivity index (χ3n) is 4.10. The summed E-state index contributed by atoms with van der Waals surface area (Å²) in [6.45, 7) is 3.79. The lowest BCUT2D eigenvalue weighted by molar-refractivity contribution is -0.122. The van der Waals surface area contributed by atoms with Gasteiger partial charge in [-0.25, -0.2) is 0 Å². The summed E-state index contributed by atoms with van der Waals surface area (Å²) in [4.78, 5) is 13.9. The van der Waals surface area contributed by atoms with Crippen molar-refractivity contribution in [3.05, 3.63) is 0 Å². The molecule has 2 aliphatic rings. The van der Waals surface area contributed by atoms with Gasteiger partial charge in [0.25, 0.3) is 0 Å². The van der Waals surface area contributed by atoms with Crippen molar-refractivity contribution in [2.75, 3.05) is 20.1 Å². The fourth-order valence-corrected chi connectivity index (χ4v) is 3.27. The Bertz CT molecular complexity index is 257. The van der Waals surface area contributed by atoms with E-state index >= 15 is 0 Å². The number of likely N-dealkylation sites (N-methyl/N-ethyl adjacent to an activating group) is 1. The molecule has 4 nitrogen and oxygen atoms in total. The maximum absolute atomic E-state index is 11.5. The number of carbonyl (C=O) groups excluding carboxylic acids is 1. The minimum absolute atomic E-state index is 0.143. The van der Waals surface area contributed by atoms with E-state index in [9.17, 15) is 4.79 Å². The molecule has 2 rings (SSSR count). The molecule has 98 valence electrons. The van der Waals surface area contributed by atoms with Crippen LogP contribution in [-0.2, 0) is 4.79 Å². The summed E-state index contributed by atoms with van der Waals surface area (Å²) in [6, 6.07) is 2.00. The highest BCUT2D eigenvalue weighted by atomic mass is 16.1. The van der Waals surface area contributed by atoms with E-state index in [0.717, 1.165) is 13.0 Å². The van der Waals surface area contributed by atoms with Crippen LogP contribution in [0.25, 0.3) is 0 Å². The molecule has 2 N–H and O–H groups in total. The van der Waals surface area contributed by atoms with Gasteiger partial charge in [0.2, 0.25) is 5.91 Å². The van der Waals surface area contributed by atoms with Gasteiger partial charge >= 0.3 is 0 Å². The van der Waals surface area contributed by atoms with Crippen molar-refractivity contribution in [2.24, 2.45) is 0 Å². The van der Waals surface area contributed by atoms with Crippen LogP contribution >= 0.6 is 0 Å². The van der Waals surface area contributed by atoms with Crippen LogP contribution in [0.1, 0.15) is 39.0 Å². The molecule has 2 atom stereocenters. The molecule has 0 aromatic carbocycles. The molecular weight excluding hydrogens is 214 g/mol. The highest BCUT2D eigenvalue weighted by molar-refractivity contribution is 5.77. The molecule has 0 radical (unpaired) electrons. The largest absolute Gasteiger partial charge is 0.358 e. The quantitative estimate of drug-likeness (QED) is 0.743. The van der Waals surface area contributed by atoms with Gasteiger partial charge in [0.05, 0.1) is 6.54 Å². The number of rotatable bonds is 5. The monoisotopic (exact) mass is 239 g/mol. The first-order valence-corrected chi connectivity index (χ1v) is 6.93. The molecular formula is C13H25N3O. The first kappa shape index (κ1) is 12.8. The van der Waals surface area contributed by atoms with Crippen molar-refractivity contribution >= 4 is 5.91 Å². The molecule has 2 aliphatic heterocycles. The Morgan fingerprint density at radius 2 is 2.00 bits per heavy atom. The number of hydrogen-bond donors (Lipinski definition) is 2. The van der Waals surface area contributed by atoms with Crippen molar-refractivity contribution in [1.82, 2.24) is 15.5 Å². The summed E-state index contributed by atoms with van der Waals surface area (Å²) in [7, 11) is 1.72. The number of piperidine rings is 1. The number of amides is 1. The van der Waals surface area contributed by atoms with Crippen LogP contribution < -0.4 is 10.6 Å². The van der Waals surface area contributed by atoms with Gasteiger partial charge in [-0.2, -0.15) is 0 Å². The van der Waals surface area contributed by atoms with Crippen molar-refractivity contribution in [2.45, 2.75) is 57.2 Å². The van der Waals surface area contributed by atoms with E-state index < -0.39 is 0 Å². The van der Waals surface area contributed by atoms with Gasteiger partial charge in [-0.3, -0.25) is 9.69 Å². The minimum atomic E-state index is 0.143. The lowest BCUT2D eigenvalue weighted by atomic mass is 9.98. The topological polar surface area (TPSA) is 44.4 Å². The molecule has 0 spiro atoms. The lowest BCUT2D eigenvalue weighted by Gasteiger charge is -2.37. The first-order chi connectivity index (χ1) is 8.22. The van der Waals surface area contributed by atoms with E-state index in [1.165, 1.54) is 25.7 Å². The number of carbonyl (C=O) groups is 1. The molecule has 17 heavy (non-hydrogen) atoms. The zero-order valence-electron chi connectivity index (χ0n) is 11.0. The van der Waals surface area contributed by atoms with Crippen molar-refractivity contribution < 1.29 is 4.79 Å². The van der Waals surface area contributed by atoms with E-state index in [4.69, 9.17) is 0 Å². The third kappa shape index (κ3) is 3.19. The maximum Gasteiger partial charge on any atom is 0.233 e. The van der Waals surface area contributed by atoms with Gasteiger partial charge in [0.1, 0.15) is 0 Å². The van der Waals surface area contributed by atoms with Crippen molar-refractivity contribution in [3.63, 3.8) is 0 Å². The Labute approximate surface area is 104 Å². The average molecular weight is 239 g/mol. The fourth-order valence-electron chi connectivity index (χ4n) is 3.27.